The Morgan fingerprint density at radius 1 is 1.07 bits per heavy atom. The van der Waals surface area contributed by atoms with Crippen molar-refractivity contribution in [3.8, 4) is 22.8 Å². The second-order valence-electron chi connectivity index (χ2n) is 7.02. The number of rotatable bonds is 6. The zero-order valence-electron chi connectivity index (χ0n) is 17.0. The van der Waals surface area contributed by atoms with Gasteiger partial charge in [-0.05, 0) is 12.1 Å². The van der Waals surface area contributed by atoms with Crippen molar-refractivity contribution in [3.63, 3.8) is 0 Å². The Kier molecular flexibility index (Phi) is 7.31. The van der Waals surface area contributed by atoms with Gasteiger partial charge in [-0.3, -0.25) is 4.90 Å². The molecule has 3 heterocycles. The van der Waals surface area contributed by atoms with E-state index in [9.17, 15) is 0 Å². The van der Waals surface area contributed by atoms with Gasteiger partial charge in [0.25, 0.3) is 0 Å². The molecule has 4 rings (SSSR count). The number of pyridine rings is 1. The molecule has 1 N–H and O–H groups in total. The quantitative estimate of drug-likeness (QED) is 0.619. The molecule has 0 amide bonds. The van der Waals surface area contributed by atoms with E-state index in [-0.39, 0.29) is 19.0 Å². The molecule has 0 saturated carbocycles. The summed E-state index contributed by atoms with van der Waals surface area (Å²) >= 11 is 6.33. The summed E-state index contributed by atoms with van der Waals surface area (Å²) in [7, 11) is 3.20. The number of hydrogen-bond donors (Lipinski definition) is 1. The number of benzene rings is 1. The van der Waals surface area contributed by atoms with Crippen molar-refractivity contribution in [1.82, 2.24) is 14.3 Å². The van der Waals surface area contributed by atoms with Crippen LogP contribution in [0.5, 0.6) is 11.5 Å². The fourth-order valence-electron chi connectivity index (χ4n) is 3.73. The second-order valence-corrected chi connectivity index (χ2v) is 7.42. The fraction of sp³-hybridized carbons (Fsp3) is 0.381. The van der Waals surface area contributed by atoms with Crippen LogP contribution in [0.25, 0.3) is 16.9 Å². The number of nitrogens with zero attached hydrogens (tertiary/aromatic N) is 4. The first-order valence-corrected chi connectivity index (χ1v) is 9.99. The molecule has 2 aromatic heterocycles. The third-order valence-electron chi connectivity index (χ3n) is 5.35. The van der Waals surface area contributed by atoms with Crippen molar-refractivity contribution in [1.29, 1.82) is 0 Å². The topological polar surface area (TPSA) is 62.5 Å². The van der Waals surface area contributed by atoms with Crippen LogP contribution >= 0.6 is 24.0 Å². The Hall–Kier alpha value is -2.19. The summed E-state index contributed by atoms with van der Waals surface area (Å²) < 4.78 is 12.8. The predicted molar refractivity (Wildman–Crippen MR) is 122 cm³/mol. The number of anilines is 1. The molecule has 9 heteroatoms. The lowest BCUT2D eigenvalue weighted by molar-refractivity contribution is 0.189. The normalized spacial score (nSPS) is 14.6. The van der Waals surface area contributed by atoms with E-state index in [4.69, 9.17) is 31.2 Å². The van der Waals surface area contributed by atoms with Crippen LogP contribution in [0.1, 0.15) is 0 Å². The van der Waals surface area contributed by atoms with E-state index < -0.39 is 0 Å². The fourth-order valence-corrected chi connectivity index (χ4v) is 3.97. The van der Waals surface area contributed by atoms with Gasteiger partial charge >= 0.3 is 0 Å². The maximum Gasteiger partial charge on any atom is 0.141 e. The van der Waals surface area contributed by atoms with Gasteiger partial charge in [0.1, 0.15) is 17.1 Å². The largest absolute Gasteiger partial charge is 0.496 e. The standard InChI is InChI=1S/C21H25ClN4O3.ClH/c1-28-19-13-20(29-2)17(22)12-16(19)18-14-26-4-3-15(11-21(26)23-18)25-7-5-24(6-8-25)9-10-27;/h3-4,11-14,27H,5-10H2,1-2H3;1H. The molecular formula is C21H26Cl2N4O3. The molecule has 3 aromatic rings. The molecule has 0 atom stereocenters. The van der Waals surface area contributed by atoms with Crippen molar-refractivity contribution in [2.45, 2.75) is 0 Å². The second kappa shape index (κ2) is 9.75. The molecule has 7 nitrogen and oxygen atoms in total. The van der Waals surface area contributed by atoms with Gasteiger partial charge in [0.05, 0.1) is 31.5 Å². The molecule has 1 aromatic carbocycles. The van der Waals surface area contributed by atoms with Crippen LogP contribution in [0.2, 0.25) is 5.02 Å². The highest BCUT2D eigenvalue weighted by Gasteiger charge is 2.18. The summed E-state index contributed by atoms with van der Waals surface area (Å²) in [5.41, 5.74) is 3.62. The minimum atomic E-state index is 0. The van der Waals surface area contributed by atoms with Crippen molar-refractivity contribution < 1.29 is 14.6 Å². The Bertz CT molecular complexity index is 1000. The molecule has 1 saturated heterocycles. The number of β-amino-alcohol motifs (C(OH)–C–C–N with tert-alkyl or cyclic N) is 1. The average molecular weight is 453 g/mol. The third-order valence-corrected chi connectivity index (χ3v) is 5.64. The zero-order chi connectivity index (χ0) is 20.4. The monoisotopic (exact) mass is 452 g/mol. The van der Waals surface area contributed by atoms with Gasteiger partial charge in [0.2, 0.25) is 0 Å². The summed E-state index contributed by atoms with van der Waals surface area (Å²) in [6, 6.07) is 7.81. The van der Waals surface area contributed by atoms with E-state index >= 15 is 0 Å². The van der Waals surface area contributed by atoms with Gasteiger partial charge in [-0.15, -0.1) is 12.4 Å². The van der Waals surface area contributed by atoms with E-state index in [1.807, 2.05) is 22.9 Å². The van der Waals surface area contributed by atoms with E-state index in [1.165, 1.54) is 0 Å². The Balaban J connectivity index is 0.00000256. The van der Waals surface area contributed by atoms with E-state index in [2.05, 4.69) is 21.9 Å². The molecule has 0 spiro atoms. The van der Waals surface area contributed by atoms with Gasteiger partial charge in [0.15, 0.2) is 0 Å². The number of imidazole rings is 1. The maximum atomic E-state index is 9.11. The summed E-state index contributed by atoms with van der Waals surface area (Å²) in [6.07, 6.45) is 4.00. The van der Waals surface area contributed by atoms with Gasteiger partial charge in [-0.25, -0.2) is 4.98 Å². The van der Waals surface area contributed by atoms with Gasteiger partial charge in [-0.2, -0.15) is 0 Å². The Morgan fingerprint density at radius 3 is 2.47 bits per heavy atom. The molecule has 1 fully saturated rings. The number of hydrogen-bond acceptors (Lipinski definition) is 6. The van der Waals surface area contributed by atoms with Crippen molar-refractivity contribution >= 4 is 35.3 Å². The molecule has 0 radical (unpaired) electrons. The maximum absolute atomic E-state index is 9.11. The van der Waals surface area contributed by atoms with Crippen LogP contribution in [0.4, 0.5) is 5.69 Å². The van der Waals surface area contributed by atoms with Crippen LogP contribution in [0.15, 0.2) is 36.7 Å². The minimum absolute atomic E-state index is 0. The van der Waals surface area contributed by atoms with Crippen molar-refractivity contribution in [2.75, 3.05) is 58.5 Å². The van der Waals surface area contributed by atoms with Crippen LogP contribution < -0.4 is 14.4 Å². The van der Waals surface area contributed by atoms with E-state index in [0.29, 0.717) is 16.5 Å². The highest BCUT2D eigenvalue weighted by Crippen LogP contribution is 2.38. The Labute approximate surface area is 187 Å². The Morgan fingerprint density at radius 2 is 1.80 bits per heavy atom. The first-order valence-electron chi connectivity index (χ1n) is 9.61. The molecule has 1 aliphatic heterocycles. The van der Waals surface area contributed by atoms with Crippen molar-refractivity contribution in [3.05, 3.63) is 41.7 Å². The van der Waals surface area contributed by atoms with Gasteiger partial charge in [-0.1, -0.05) is 11.6 Å². The average Bonchev–Trinajstić information content (AvgIpc) is 3.17. The van der Waals surface area contributed by atoms with Crippen LogP contribution in [-0.4, -0.2) is 72.9 Å². The number of aliphatic hydroxyl groups excluding tert-OH is 1. The van der Waals surface area contributed by atoms with Crippen molar-refractivity contribution in [2.24, 2.45) is 0 Å². The number of ether oxygens (including phenoxy) is 2. The summed E-state index contributed by atoms with van der Waals surface area (Å²) in [5.74, 6) is 1.23. The highest BCUT2D eigenvalue weighted by atomic mass is 35.5. The van der Waals surface area contributed by atoms with Crippen LogP contribution in [-0.2, 0) is 0 Å². The summed E-state index contributed by atoms with van der Waals surface area (Å²) in [4.78, 5) is 9.44. The predicted octanol–water partition coefficient (Wildman–Crippen LogP) is 3.21. The summed E-state index contributed by atoms with van der Waals surface area (Å²) in [5, 5.41) is 9.62. The first kappa shape index (κ1) is 22.5. The molecule has 1 aliphatic rings. The number of aliphatic hydroxyl groups is 1. The lowest BCUT2D eigenvalue weighted by Crippen LogP contribution is -2.47. The molecule has 0 unspecified atom stereocenters. The minimum Gasteiger partial charge on any atom is -0.496 e. The van der Waals surface area contributed by atoms with Gasteiger partial charge < -0.3 is 23.9 Å². The van der Waals surface area contributed by atoms with Crippen LogP contribution in [0, 0.1) is 0 Å². The van der Waals surface area contributed by atoms with Crippen LogP contribution in [0.3, 0.4) is 0 Å². The molecule has 30 heavy (non-hydrogen) atoms. The SMILES string of the molecule is COc1cc(OC)c(-c2cn3ccc(N4CCN(CCO)CC4)cc3n2)cc1Cl.Cl. The lowest BCUT2D eigenvalue weighted by Gasteiger charge is -2.35. The lowest BCUT2D eigenvalue weighted by atomic mass is 10.1. The first-order chi connectivity index (χ1) is 14.1. The number of fused-ring (bicyclic) bond motifs is 1. The summed E-state index contributed by atoms with van der Waals surface area (Å²) in [6.45, 7) is 4.72. The zero-order valence-corrected chi connectivity index (χ0v) is 18.6. The van der Waals surface area contributed by atoms with E-state index in [0.717, 1.165) is 55.3 Å². The molecule has 0 aliphatic carbocycles. The number of piperazine rings is 1. The van der Waals surface area contributed by atoms with Gasteiger partial charge in [0, 0.05) is 68.5 Å². The highest BCUT2D eigenvalue weighted by molar-refractivity contribution is 6.32. The third kappa shape index (κ3) is 4.44. The van der Waals surface area contributed by atoms with E-state index in [1.54, 1.807) is 20.3 Å². The molecular weight excluding hydrogens is 427 g/mol. The number of halogens is 2. The molecule has 162 valence electrons. The molecule has 0 bridgehead atoms. The smallest absolute Gasteiger partial charge is 0.141 e. The number of aromatic nitrogens is 2. The number of methoxy groups -OCH3 is 2.